The third-order valence-electron chi connectivity index (χ3n) is 3.88. The minimum Gasteiger partial charge on any atom is -0.497 e. The number of halogens is 6. The monoisotopic (exact) mass is 402 g/mol. The Morgan fingerprint density at radius 1 is 1.04 bits per heavy atom. The number of hydrogen-bond acceptors (Lipinski definition) is 3. The number of nitrogens with zero attached hydrogens (tertiary/aromatic N) is 1. The van der Waals surface area contributed by atoms with Crippen LogP contribution in [0, 0.1) is 0 Å². The molecule has 0 atom stereocenters. The molecule has 1 rings (SSSR count). The fourth-order valence-corrected chi connectivity index (χ4v) is 2.00. The minimum atomic E-state index is -5.73. The Morgan fingerprint density at radius 3 is 1.96 bits per heavy atom. The zero-order valence-electron chi connectivity index (χ0n) is 14.9. The van der Waals surface area contributed by atoms with Gasteiger partial charge in [0.2, 0.25) is 5.54 Å². The van der Waals surface area contributed by atoms with Crippen molar-refractivity contribution in [3.05, 3.63) is 29.8 Å². The summed E-state index contributed by atoms with van der Waals surface area (Å²) in [6, 6.07) is 4.67. The van der Waals surface area contributed by atoms with Crippen molar-refractivity contribution >= 4 is 6.03 Å². The second kappa shape index (κ2) is 8.68. The Bertz CT molecular complexity index is 602. The number of carbonyl (C=O) groups is 1. The van der Waals surface area contributed by atoms with E-state index < -0.39 is 23.9 Å². The van der Waals surface area contributed by atoms with Gasteiger partial charge in [-0.25, -0.2) is 4.79 Å². The number of amides is 2. The van der Waals surface area contributed by atoms with Gasteiger partial charge in [0, 0.05) is 20.2 Å². The molecule has 1 N–H and O–H groups in total. The van der Waals surface area contributed by atoms with Gasteiger partial charge in [-0.2, -0.15) is 26.3 Å². The maximum Gasteiger partial charge on any atom is 0.420 e. The number of nitrogens with one attached hydrogen (secondary N) is 1. The highest BCUT2D eigenvalue weighted by Crippen LogP contribution is 2.42. The summed E-state index contributed by atoms with van der Waals surface area (Å²) >= 11 is 0. The second-order valence-corrected chi connectivity index (χ2v) is 5.81. The number of rotatable bonds is 7. The number of hydrogen-bond donors (Lipinski definition) is 1. The lowest BCUT2D eigenvalue weighted by Gasteiger charge is -2.36. The summed E-state index contributed by atoms with van der Waals surface area (Å²) in [6.07, 6.45) is -11.5. The normalized spacial score (nSPS) is 12.6. The Morgan fingerprint density at radius 2 is 1.56 bits per heavy atom. The van der Waals surface area contributed by atoms with Crippen LogP contribution in [0.5, 0.6) is 5.75 Å². The molecule has 1 aromatic carbocycles. The van der Waals surface area contributed by atoms with E-state index in [1.165, 1.54) is 14.2 Å². The van der Waals surface area contributed by atoms with Crippen LogP contribution < -0.4 is 10.1 Å². The van der Waals surface area contributed by atoms with E-state index in [-0.39, 0.29) is 26.6 Å². The number of benzene rings is 1. The van der Waals surface area contributed by atoms with Crippen LogP contribution in [0.15, 0.2) is 24.3 Å². The first kappa shape index (κ1) is 22.9. The summed E-state index contributed by atoms with van der Waals surface area (Å²) in [6.45, 7) is -0.615. The average molecular weight is 402 g/mol. The molecule has 11 heteroatoms. The highest BCUT2D eigenvalue weighted by atomic mass is 19.4. The molecular weight excluding hydrogens is 382 g/mol. The summed E-state index contributed by atoms with van der Waals surface area (Å²) in [4.78, 5) is 13.0. The van der Waals surface area contributed by atoms with Crippen molar-refractivity contribution < 1.29 is 40.6 Å². The summed E-state index contributed by atoms with van der Waals surface area (Å²) < 4.78 is 87.7. The first-order chi connectivity index (χ1) is 12.4. The Labute approximate surface area is 152 Å². The van der Waals surface area contributed by atoms with Gasteiger partial charge in [0.15, 0.2) is 0 Å². The molecule has 0 radical (unpaired) electrons. The maximum atomic E-state index is 13.0. The molecule has 0 heterocycles. The van der Waals surface area contributed by atoms with Crippen molar-refractivity contribution in [2.24, 2.45) is 0 Å². The van der Waals surface area contributed by atoms with E-state index in [1.54, 1.807) is 24.3 Å². The number of ether oxygens (including phenoxy) is 2. The highest BCUT2D eigenvalue weighted by Gasteiger charge is 2.68. The minimum absolute atomic E-state index is 0.0711. The van der Waals surface area contributed by atoms with Crippen LogP contribution in [0.2, 0.25) is 0 Å². The number of urea groups is 1. The lowest BCUT2D eigenvalue weighted by Crippen LogP contribution is -2.67. The zero-order chi connectivity index (χ0) is 20.9. The summed E-state index contributed by atoms with van der Waals surface area (Å²) in [7, 11) is 2.72. The molecule has 0 aliphatic heterocycles. The first-order valence-electron chi connectivity index (χ1n) is 7.68. The third-order valence-corrected chi connectivity index (χ3v) is 3.88. The van der Waals surface area contributed by atoms with Gasteiger partial charge < -0.3 is 19.7 Å². The zero-order valence-corrected chi connectivity index (χ0v) is 14.9. The SMILES string of the molecule is COCCN(Cc1ccc(OC)cc1)C(=O)NC(C)(C(F)(F)F)C(F)(F)F. The van der Waals surface area contributed by atoms with Gasteiger partial charge in [0.05, 0.1) is 13.7 Å². The standard InChI is InChI=1S/C16H20F6N2O3/c1-14(15(17,18)19,16(20,21)22)23-13(25)24(8-9-26-2)10-11-4-6-12(27-3)7-5-11/h4-7H,8-10H2,1-3H3,(H,23,25). The van der Waals surface area contributed by atoms with Crippen LogP contribution >= 0.6 is 0 Å². The molecule has 0 saturated heterocycles. The molecule has 27 heavy (non-hydrogen) atoms. The second-order valence-electron chi connectivity index (χ2n) is 5.81. The van der Waals surface area contributed by atoms with Crippen molar-refractivity contribution in [3.63, 3.8) is 0 Å². The van der Waals surface area contributed by atoms with Gasteiger partial charge >= 0.3 is 18.4 Å². The molecule has 0 bridgehead atoms. The predicted molar refractivity (Wildman–Crippen MR) is 84.3 cm³/mol. The lowest BCUT2D eigenvalue weighted by molar-refractivity contribution is -0.298. The molecule has 154 valence electrons. The van der Waals surface area contributed by atoms with Gasteiger partial charge in [0.1, 0.15) is 5.75 Å². The summed E-state index contributed by atoms with van der Waals surface area (Å²) in [5.74, 6) is 0.508. The topological polar surface area (TPSA) is 50.8 Å². The molecule has 1 aromatic rings. The van der Waals surface area contributed by atoms with E-state index in [4.69, 9.17) is 9.47 Å². The number of alkyl halides is 6. The molecule has 0 fully saturated rings. The van der Waals surface area contributed by atoms with Crippen LogP contribution in [0.25, 0.3) is 0 Å². The number of carbonyl (C=O) groups excluding carboxylic acids is 1. The molecule has 5 nitrogen and oxygen atoms in total. The fourth-order valence-electron chi connectivity index (χ4n) is 2.00. The molecule has 0 spiro atoms. The van der Waals surface area contributed by atoms with Crippen molar-refractivity contribution in [1.82, 2.24) is 10.2 Å². The molecule has 0 aliphatic rings. The smallest absolute Gasteiger partial charge is 0.420 e. The maximum absolute atomic E-state index is 13.0. The Kier molecular flexibility index (Phi) is 7.35. The molecular formula is C16H20F6N2O3. The van der Waals surface area contributed by atoms with Crippen molar-refractivity contribution in [1.29, 1.82) is 0 Å². The Balaban J connectivity index is 3.05. The van der Waals surface area contributed by atoms with Crippen LogP contribution in [0.3, 0.4) is 0 Å². The van der Waals surface area contributed by atoms with Gasteiger partial charge in [-0.3, -0.25) is 0 Å². The predicted octanol–water partition coefficient (Wildman–Crippen LogP) is 3.74. The fraction of sp³-hybridized carbons (Fsp3) is 0.562. The molecule has 2 amide bonds. The van der Waals surface area contributed by atoms with E-state index >= 15 is 0 Å². The van der Waals surface area contributed by atoms with E-state index in [0.717, 1.165) is 10.2 Å². The average Bonchev–Trinajstić information content (AvgIpc) is 2.56. The van der Waals surface area contributed by atoms with Gasteiger partial charge in [-0.15, -0.1) is 0 Å². The van der Waals surface area contributed by atoms with E-state index in [1.807, 2.05) is 0 Å². The van der Waals surface area contributed by atoms with Gasteiger partial charge in [-0.05, 0) is 24.6 Å². The van der Waals surface area contributed by atoms with Crippen molar-refractivity contribution in [2.75, 3.05) is 27.4 Å². The van der Waals surface area contributed by atoms with Gasteiger partial charge in [0.25, 0.3) is 0 Å². The highest BCUT2D eigenvalue weighted by molar-refractivity contribution is 5.75. The van der Waals surface area contributed by atoms with Crippen LogP contribution in [0.1, 0.15) is 12.5 Å². The van der Waals surface area contributed by atoms with Crippen LogP contribution in [-0.2, 0) is 11.3 Å². The summed E-state index contributed by atoms with van der Waals surface area (Å²) in [5, 5.41) is 1.08. The first-order valence-corrected chi connectivity index (χ1v) is 7.68. The molecule has 0 saturated carbocycles. The lowest BCUT2D eigenvalue weighted by atomic mass is 10.0. The molecule has 0 unspecified atom stereocenters. The quantitative estimate of drug-likeness (QED) is 0.707. The van der Waals surface area contributed by atoms with Crippen LogP contribution in [-0.4, -0.2) is 56.2 Å². The van der Waals surface area contributed by atoms with E-state index in [9.17, 15) is 31.1 Å². The van der Waals surface area contributed by atoms with Crippen LogP contribution in [0.4, 0.5) is 31.1 Å². The van der Waals surface area contributed by atoms with E-state index in [2.05, 4.69) is 0 Å². The van der Waals surface area contributed by atoms with E-state index in [0.29, 0.717) is 11.3 Å². The number of methoxy groups -OCH3 is 2. The van der Waals surface area contributed by atoms with Gasteiger partial charge in [-0.1, -0.05) is 12.1 Å². The summed E-state index contributed by atoms with van der Waals surface area (Å²) in [5.41, 5.74) is -3.90. The van der Waals surface area contributed by atoms with Crippen molar-refractivity contribution in [2.45, 2.75) is 31.4 Å². The molecule has 0 aromatic heterocycles. The molecule has 0 aliphatic carbocycles. The largest absolute Gasteiger partial charge is 0.497 e. The third kappa shape index (κ3) is 5.65. The van der Waals surface area contributed by atoms with Crippen molar-refractivity contribution in [3.8, 4) is 5.75 Å². The Hall–Kier alpha value is -2.17.